The number of hydrogen-bond acceptors (Lipinski definition) is 16. The Morgan fingerprint density at radius 2 is 0.656 bits per heavy atom. The number of aryl methyl sites for hydroxylation is 1. The summed E-state index contributed by atoms with van der Waals surface area (Å²) in [6.45, 7) is 11.4. The highest BCUT2D eigenvalue weighted by atomic mass is 19.1. The number of amides is 5. The predicted octanol–water partition coefficient (Wildman–Crippen LogP) is 11.1. The van der Waals surface area contributed by atoms with E-state index in [1.165, 1.54) is 78.6 Å². The number of H-pyrrole nitrogens is 5. The minimum Gasteiger partial charge on any atom is -0.340 e. The summed E-state index contributed by atoms with van der Waals surface area (Å²) >= 11 is 0. The second-order valence-corrected chi connectivity index (χ2v) is 27.6. The lowest BCUT2D eigenvalue weighted by molar-refractivity contribution is 0.239. The Balaban J connectivity index is 0.000000113. The first-order valence-corrected chi connectivity index (χ1v) is 38.5. The van der Waals surface area contributed by atoms with Crippen molar-refractivity contribution in [3.8, 4) is 28.4 Å². The Morgan fingerprint density at radius 3 is 1.01 bits per heavy atom. The number of benzene rings is 5. The largest absolute Gasteiger partial charge is 0.342 e. The maximum Gasteiger partial charge on any atom is 0.342 e. The van der Waals surface area contributed by atoms with Gasteiger partial charge in [0, 0.05) is 135 Å². The molecule has 20 aromatic rings. The van der Waals surface area contributed by atoms with Gasteiger partial charge in [0.05, 0.1) is 110 Å². The van der Waals surface area contributed by atoms with E-state index < -0.39 is 11.4 Å². The van der Waals surface area contributed by atoms with Crippen LogP contribution in [0.15, 0.2) is 250 Å². The van der Waals surface area contributed by atoms with E-state index in [2.05, 4.69) is 82.1 Å². The van der Waals surface area contributed by atoms with Crippen molar-refractivity contribution in [3.63, 3.8) is 0 Å². The number of aromatic nitrogens is 21. The van der Waals surface area contributed by atoms with Crippen molar-refractivity contribution in [2.24, 2.45) is 0 Å². The molecule has 0 fully saturated rings. The van der Waals surface area contributed by atoms with Gasteiger partial charge in [0.15, 0.2) is 5.65 Å². The smallest absolute Gasteiger partial charge is 0.340 e. The van der Waals surface area contributed by atoms with Crippen molar-refractivity contribution in [1.82, 2.24) is 128 Å². The van der Waals surface area contributed by atoms with Crippen LogP contribution in [0.25, 0.3) is 138 Å². The lowest BCUT2D eigenvalue weighted by Crippen LogP contribution is -2.29. The van der Waals surface area contributed by atoms with Gasteiger partial charge in [-0.2, -0.15) is 4.68 Å². The van der Waals surface area contributed by atoms with E-state index in [0.717, 1.165) is 50.0 Å². The number of carbonyl (C=O) groups excluding carboxylic acids is 5. The summed E-state index contributed by atoms with van der Waals surface area (Å²) in [5, 5.41) is 38.9. The summed E-state index contributed by atoms with van der Waals surface area (Å²) < 4.78 is 28.1. The second kappa shape index (κ2) is 33.4. The molecule has 0 spiro atoms. The van der Waals surface area contributed by atoms with Crippen molar-refractivity contribution < 1.29 is 28.4 Å². The Bertz CT molecular complexity index is 7760. The molecule has 15 heterocycles. The molecule has 5 aromatic carbocycles. The normalized spacial score (nSPS) is 11.2. The third-order valence-corrected chi connectivity index (χ3v) is 19.9. The molecule has 122 heavy (non-hydrogen) atoms. The summed E-state index contributed by atoms with van der Waals surface area (Å²) in [6.07, 6.45) is 21.6. The van der Waals surface area contributed by atoms with Gasteiger partial charge in [-0.05, 0) is 94.8 Å². The average molecular weight is 1640 g/mol. The molecule has 0 radical (unpaired) electrons. The number of nitrogens with zero attached hydrogens (tertiary/aromatic N) is 16. The van der Waals surface area contributed by atoms with E-state index in [9.17, 15) is 52.3 Å². The van der Waals surface area contributed by atoms with Crippen LogP contribution in [0.1, 0.15) is 39.8 Å². The molecule has 0 bridgehead atoms. The zero-order valence-electron chi connectivity index (χ0n) is 66.0. The molecule has 36 nitrogen and oxygen atoms in total. The van der Waals surface area contributed by atoms with Gasteiger partial charge < -0.3 is 26.6 Å². The Morgan fingerprint density at radius 1 is 0.352 bits per heavy atom. The number of fused-ring (bicyclic) bond motifs is 15. The molecule has 0 aliphatic heterocycles. The first-order valence-electron chi connectivity index (χ1n) is 38.5. The number of pyridine rings is 5. The van der Waals surface area contributed by atoms with Crippen LogP contribution in [0.3, 0.4) is 0 Å². The third kappa shape index (κ3) is 14.7. The summed E-state index contributed by atoms with van der Waals surface area (Å²) in [5.74, 6) is -0.514. The highest BCUT2D eigenvalue weighted by molar-refractivity contribution is 6.08. The van der Waals surface area contributed by atoms with Gasteiger partial charge in [-0.1, -0.05) is 91.9 Å². The number of carbonyl (C=O) groups is 5. The lowest BCUT2D eigenvalue weighted by Gasteiger charge is -2.02. The van der Waals surface area contributed by atoms with E-state index in [-0.39, 0.29) is 58.1 Å². The summed E-state index contributed by atoms with van der Waals surface area (Å²) in [5.41, 5.74) is 8.63. The van der Waals surface area contributed by atoms with E-state index in [1.54, 1.807) is 81.9 Å². The molecule has 0 saturated carbocycles. The van der Waals surface area contributed by atoms with Crippen LogP contribution in [-0.2, 0) is 0 Å². The molecule has 0 atom stereocenters. The van der Waals surface area contributed by atoms with Crippen LogP contribution in [0.5, 0.6) is 0 Å². The highest BCUT2D eigenvalue weighted by Crippen LogP contribution is 2.29. The predicted molar refractivity (Wildman–Crippen MR) is 461 cm³/mol. The fraction of sp³-hybridized carbons (Fsp3) is 0.129. The molecule has 612 valence electrons. The van der Waals surface area contributed by atoms with Gasteiger partial charge in [0.25, 0.3) is 27.8 Å². The van der Waals surface area contributed by atoms with Gasteiger partial charge in [0.2, 0.25) is 0 Å². The molecular formula is C85H75FN26O10. The van der Waals surface area contributed by atoms with Gasteiger partial charge in [-0.25, -0.2) is 56.8 Å². The number of para-hydroxylation sites is 5. The number of hydrogen-bond donors (Lipinski definition) is 10. The Hall–Kier alpha value is -16.9. The maximum atomic E-state index is 14.0. The Labute approximate surface area is 685 Å². The summed E-state index contributed by atoms with van der Waals surface area (Å²) in [7, 11) is 1.56. The molecule has 5 amide bonds. The first-order chi connectivity index (χ1) is 59.3. The lowest BCUT2D eigenvalue weighted by atomic mass is 10.2. The minimum atomic E-state index is -0.514. The third-order valence-electron chi connectivity index (χ3n) is 19.9. The quantitative estimate of drug-likeness (QED) is 0.0608. The van der Waals surface area contributed by atoms with Crippen LogP contribution in [-0.4, -0.2) is 165 Å². The fourth-order valence-electron chi connectivity index (χ4n) is 14.0. The van der Waals surface area contributed by atoms with Gasteiger partial charge in [0.1, 0.15) is 11.5 Å². The van der Waals surface area contributed by atoms with Gasteiger partial charge in [-0.15, -0.1) is 5.10 Å². The molecule has 0 aliphatic rings. The van der Waals surface area contributed by atoms with Crippen molar-refractivity contribution in [1.29, 1.82) is 0 Å². The average Bonchev–Trinajstić information content (AvgIpc) is 1.61. The standard InChI is InChI=1S/C18H17N5O2.C17H14FN5O2.C17H16N6O2.C17H15N5O2.C16H13N5O2/c1-2-8-19-18(25)22-10-14-15(11-22)20-9-13-16(14)21-23(17(13)24)12-6-4-3-5-7-12;1-2-19-17(25)22-8-11-13(9-22)20-7-10-15(11)21-23(16(10)24)14-6-4-3-5-12(14)18;1-3-18-17(25)22-10(2)13-14-12(9-19-15(13)21-22)16(24)23(20-14)11-7-5-4-6-8-11;1-2-18-17(24)21-9-13-14(10-21)19-8-12-15(13)20-22(16(12)23)11-6-4-3-5-7-11;1-17-16(23)20-8-12-13(9-20)18-7-11-14(12)19-21(15(11)22)10-5-3-2-4-6-10/h3-7,9-11,21H,2,8H2,1H3,(H,19,25);3-9,21H,2H2,1H3,(H,19,25);4-9,20H,3H2,1-2H3,(H,18,25);3-10,20H,2H2,1H3,(H,18,24);2-9,19H,1H3,(H,17,23). The maximum absolute atomic E-state index is 14.0. The van der Waals surface area contributed by atoms with E-state index in [4.69, 9.17) is 0 Å². The topological polar surface area (TPSA) is 436 Å². The van der Waals surface area contributed by atoms with Crippen LogP contribution >= 0.6 is 0 Å². The number of nitrogens with one attached hydrogen (secondary N) is 10. The molecule has 15 aromatic heterocycles. The molecule has 37 heteroatoms. The number of halogens is 1. The van der Waals surface area contributed by atoms with E-state index >= 15 is 0 Å². The van der Waals surface area contributed by atoms with Crippen molar-refractivity contribution in [2.75, 3.05) is 33.2 Å². The Kier molecular flexibility index (Phi) is 21.6. The summed E-state index contributed by atoms with van der Waals surface area (Å²) in [6, 6.07) is 41.9. The van der Waals surface area contributed by atoms with Crippen LogP contribution < -0.4 is 54.4 Å². The van der Waals surface area contributed by atoms with Crippen molar-refractivity contribution in [2.45, 2.75) is 41.0 Å². The molecule has 0 aliphatic carbocycles. The SMILES string of the molecule is CCCNC(=O)n1cc2ncc3c(=O)n(-c4ccccc4)[nH]c3c2c1.CCNC(=O)n1cc2ncc3c(=O)n(-c4ccccc4)[nH]c3c2c1.CCNC(=O)n1cc2ncc3c(=O)n(-c4ccccc4F)[nH]c3c2c1.CCNC(=O)n1nc2ncc3c(=O)n(-c4ccccc4)[nH]c3c2c1C.CNC(=O)n1cc2ncc3c(=O)n(-c4ccccc4)[nH]c3c2c1. The zero-order valence-corrected chi connectivity index (χ0v) is 66.0. The van der Waals surface area contributed by atoms with Gasteiger partial charge in [-0.3, -0.25) is 87.7 Å². The second-order valence-electron chi connectivity index (χ2n) is 27.6. The van der Waals surface area contributed by atoms with E-state index in [0.29, 0.717) is 125 Å². The van der Waals surface area contributed by atoms with Crippen molar-refractivity contribution >= 4 is 139 Å². The van der Waals surface area contributed by atoms with E-state index in [1.807, 2.05) is 149 Å². The molecule has 0 saturated heterocycles. The molecule has 20 rings (SSSR count). The van der Waals surface area contributed by atoms with Gasteiger partial charge >= 0.3 is 30.2 Å². The number of rotatable bonds is 10. The van der Waals surface area contributed by atoms with Crippen LogP contribution in [0, 0.1) is 12.7 Å². The fourth-order valence-corrected chi connectivity index (χ4v) is 14.0. The summed E-state index contributed by atoms with van der Waals surface area (Å²) in [4.78, 5) is 145. The molecule has 10 N–H and O–H groups in total. The van der Waals surface area contributed by atoms with Crippen LogP contribution in [0.2, 0.25) is 0 Å². The molecule has 0 unspecified atom stereocenters. The molecular weight excluding hydrogens is 1560 g/mol. The zero-order chi connectivity index (χ0) is 85.1. The minimum absolute atomic E-state index is 0.125. The number of aromatic amines is 5. The van der Waals surface area contributed by atoms with Crippen molar-refractivity contribution in [3.05, 3.63) is 289 Å². The first kappa shape index (κ1) is 79.0. The highest BCUT2D eigenvalue weighted by Gasteiger charge is 2.24. The monoisotopic (exact) mass is 1640 g/mol. The van der Waals surface area contributed by atoms with Crippen LogP contribution in [0.4, 0.5) is 28.4 Å².